The van der Waals surface area contributed by atoms with Gasteiger partial charge in [0.2, 0.25) is 0 Å². The molecule has 0 bridgehead atoms. The second-order valence-corrected chi connectivity index (χ2v) is 3.10. The first-order valence-corrected chi connectivity index (χ1v) is 4.30. The lowest BCUT2D eigenvalue weighted by Gasteiger charge is -1.89. The van der Waals surface area contributed by atoms with Crippen molar-refractivity contribution in [2.24, 2.45) is 0 Å². The Balaban J connectivity index is 2.75. The molecule has 0 radical (unpaired) electrons. The topological polar surface area (TPSA) is 44.1 Å². The summed E-state index contributed by atoms with van der Waals surface area (Å²) in [5, 5.41) is 1.74. The van der Waals surface area contributed by atoms with Crippen LogP contribution in [0, 0.1) is 0 Å². The predicted octanol–water partition coefficient (Wildman–Crippen LogP) is 0.966. The van der Waals surface area contributed by atoms with Crippen molar-refractivity contribution in [3.63, 3.8) is 0 Å². The largest absolute Gasteiger partial charge is 0.284 e. The van der Waals surface area contributed by atoms with Crippen molar-refractivity contribution in [3.8, 4) is 0 Å². The molecule has 0 saturated heterocycles. The van der Waals surface area contributed by atoms with Gasteiger partial charge in [-0.1, -0.05) is 0 Å². The standard InChI is InChI=1S/C8H5N2OP/c11-12-7-1-2-8-6(3-7)4-9-5-10-8/h1-5H/p+1. The van der Waals surface area contributed by atoms with E-state index >= 15 is 0 Å². The molecule has 0 spiro atoms. The van der Waals surface area contributed by atoms with Gasteiger partial charge < -0.3 is 0 Å². The maximum absolute atomic E-state index is 10.5. The molecule has 0 aliphatic rings. The first kappa shape index (κ1) is 7.32. The second-order valence-electron chi connectivity index (χ2n) is 2.40. The van der Waals surface area contributed by atoms with Crippen molar-refractivity contribution in [2.75, 3.05) is 0 Å². The third-order valence-electron chi connectivity index (χ3n) is 1.63. The Morgan fingerprint density at radius 3 is 3.17 bits per heavy atom. The summed E-state index contributed by atoms with van der Waals surface area (Å²) in [6.45, 7) is 0. The third-order valence-corrected chi connectivity index (χ3v) is 2.12. The van der Waals surface area contributed by atoms with Gasteiger partial charge in [-0.25, -0.2) is 4.98 Å². The monoisotopic (exact) mass is 177 g/mol. The zero-order chi connectivity index (χ0) is 8.39. The Morgan fingerprint density at radius 1 is 1.42 bits per heavy atom. The molecule has 0 aliphatic carbocycles. The van der Waals surface area contributed by atoms with E-state index < -0.39 is 0 Å². The number of aromatic amines is 1. The van der Waals surface area contributed by atoms with Gasteiger partial charge in [-0.15, -0.1) is 0 Å². The number of hydrogen-bond acceptors (Lipinski definition) is 2. The molecule has 0 atom stereocenters. The van der Waals surface area contributed by atoms with Crippen molar-refractivity contribution in [1.82, 2.24) is 4.98 Å². The van der Waals surface area contributed by atoms with Crippen molar-refractivity contribution in [2.45, 2.75) is 0 Å². The number of hydrogen-bond donors (Lipinski definition) is 0. The van der Waals surface area contributed by atoms with E-state index in [1.54, 1.807) is 12.4 Å². The normalized spacial score (nSPS) is 10.7. The Kier molecular flexibility index (Phi) is 1.80. The van der Waals surface area contributed by atoms with Gasteiger partial charge in [-0.05, 0) is 23.2 Å². The molecule has 58 valence electrons. The van der Waals surface area contributed by atoms with Crippen molar-refractivity contribution in [3.05, 3.63) is 30.7 Å². The predicted molar refractivity (Wildman–Crippen MR) is 45.5 cm³/mol. The molecule has 1 aromatic heterocycles. The number of nitrogens with one attached hydrogen (secondary N) is 1. The summed E-state index contributed by atoms with van der Waals surface area (Å²) in [6, 6.07) is 5.49. The maximum atomic E-state index is 10.5. The Hall–Kier alpha value is -1.34. The molecule has 4 heteroatoms. The second kappa shape index (κ2) is 2.95. The van der Waals surface area contributed by atoms with Gasteiger partial charge in [0.1, 0.15) is 0 Å². The van der Waals surface area contributed by atoms with E-state index in [0.29, 0.717) is 0 Å². The Labute approximate surface area is 70.7 Å². The third kappa shape index (κ3) is 1.19. The molecule has 0 amide bonds. The fourth-order valence-electron chi connectivity index (χ4n) is 1.07. The van der Waals surface area contributed by atoms with Crippen LogP contribution in [0.25, 0.3) is 10.9 Å². The first-order valence-electron chi connectivity index (χ1n) is 3.49. The summed E-state index contributed by atoms with van der Waals surface area (Å²) in [6.07, 6.45) is 3.45. The number of H-pyrrole nitrogens is 1. The number of nitrogens with zero attached hydrogens (tertiary/aromatic N) is 1. The SMILES string of the molecule is O=Pc1ccc2nc[nH+]cc2c1. The lowest BCUT2D eigenvalue weighted by Crippen LogP contribution is -2.02. The quantitative estimate of drug-likeness (QED) is 0.609. The average Bonchev–Trinajstić information content (AvgIpc) is 2.17. The highest BCUT2D eigenvalue weighted by Gasteiger charge is 2.00. The van der Waals surface area contributed by atoms with Gasteiger partial charge in [0.05, 0.1) is 11.6 Å². The fraction of sp³-hybridized carbons (Fsp3) is 0. The minimum Gasteiger partial charge on any atom is -0.269 e. The summed E-state index contributed by atoms with van der Waals surface area (Å²) in [4.78, 5) is 6.97. The molecular weight excluding hydrogens is 171 g/mol. The lowest BCUT2D eigenvalue weighted by atomic mass is 10.2. The number of rotatable bonds is 1. The van der Waals surface area contributed by atoms with Crippen LogP contribution in [0.2, 0.25) is 0 Å². The Morgan fingerprint density at radius 2 is 2.33 bits per heavy atom. The van der Waals surface area contributed by atoms with E-state index in [-0.39, 0.29) is 8.46 Å². The molecular formula is C8H6N2OP+. The lowest BCUT2D eigenvalue weighted by molar-refractivity contribution is -0.380. The van der Waals surface area contributed by atoms with Gasteiger partial charge in [0, 0.05) is 5.30 Å². The van der Waals surface area contributed by atoms with E-state index in [1.165, 1.54) is 0 Å². The van der Waals surface area contributed by atoms with E-state index in [4.69, 9.17) is 0 Å². The maximum Gasteiger partial charge on any atom is 0.284 e. The van der Waals surface area contributed by atoms with Gasteiger partial charge in [-0.2, -0.15) is 0 Å². The minimum atomic E-state index is 0.0468. The molecule has 2 rings (SSSR count). The molecule has 1 N–H and O–H groups in total. The number of fused-ring (bicyclic) bond motifs is 1. The highest BCUT2D eigenvalue weighted by Crippen LogP contribution is 2.07. The van der Waals surface area contributed by atoms with E-state index in [2.05, 4.69) is 9.97 Å². The van der Waals surface area contributed by atoms with Crippen LogP contribution in [-0.4, -0.2) is 4.98 Å². The molecule has 0 unspecified atom stereocenters. The van der Waals surface area contributed by atoms with Crippen LogP contribution in [0.15, 0.2) is 30.7 Å². The number of benzene rings is 1. The van der Waals surface area contributed by atoms with Crippen LogP contribution < -0.4 is 10.3 Å². The molecule has 3 nitrogen and oxygen atoms in total. The molecule has 0 aliphatic heterocycles. The molecule has 1 aromatic carbocycles. The van der Waals surface area contributed by atoms with Crippen molar-refractivity contribution >= 4 is 24.7 Å². The molecule has 0 fully saturated rings. The van der Waals surface area contributed by atoms with Gasteiger partial charge in [0.15, 0.2) is 14.0 Å². The first-order chi connectivity index (χ1) is 5.90. The van der Waals surface area contributed by atoms with Gasteiger partial charge in [0.25, 0.3) is 6.33 Å². The zero-order valence-electron chi connectivity index (χ0n) is 6.19. The highest BCUT2D eigenvalue weighted by atomic mass is 31.1. The molecule has 0 saturated carbocycles. The van der Waals surface area contributed by atoms with Gasteiger partial charge in [-0.3, -0.25) is 4.57 Å². The summed E-state index contributed by atoms with van der Waals surface area (Å²) < 4.78 is 10.5. The van der Waals surface area contributed by atoms with Crippen LogP contribution >= 0.6 is 8.46 Å². The average molecular weight is 177 g/mol. The van der Waals surface area contributed by atoms with E-state index in [9.17, 15) is 4.57 Å². The molecule has 1 heterocycles. The zero-order valence-corrected chi connectivity index (χ0v) is 7.08. The van der Waals surface area contributed by atoms with Crippen LogP contribution in [0.5, 0.6) is 0 Å². The fourth-order valence-corrected chi connectivity index (χ4v) is 1.39. The van der Waals surface area contributed by atoms with Crippen LogP contribution in [0.3, 0.4) is 0 Å². The van der Waals surface area contributed by atoms with Crippen LogP contribution in [0.1, 0.15) is 0 Å². The van der Waals surface area contributed by atoms with E-state index in [1.807, 2.05) is 18.3 Å². The summed E-state index contributed by atoms with van der Waals surface area (Å²) >= 11 is 0. The number of aromatic nitrogens is 2. The van der Waals surface area contributed by atoms with Crippen LogP contribution in [0.4, 0.5) is 0 Å². The molecule has 2 aromatic rings. The highest BCUT2D eigenvalue weighted by molar-refractivity contribution is 7.34. The summed E-state index contributed by atoms with van der Waals surface area (Å²) in [7, 11) is 0.0468. The summed E-state index contributed by atoms with van der Waals surface area (Å²) in [5.74, 6) is 0. The van der Waals surface area contributed by atoms with Crippen LogP contribution in [-0.2, 0) is 4.57 Å². The summed E-state index contributed by atoms with van der Waals surface area (Å²) in [5.41, 5.74) is 0.904. The van der Waals surface area contributed by atoms with Crippen molar-refractivity contribution in [1.29, 1.82) is 0 Å². The van der Waals surface area contributed by atoms with Gasteiger partial charge >= 0.3 is 0 Å². The Bertz CT molecular complexity index is 430. The van der Waals surface area contributed by atoms with E-state index in [0.717, 1.165) is 16.2 Å². The smallest absolute Gasteiger partial charge is 0.269 e. The van der Waals surface area contributed by atoms with Crippen molar-refractivity contribution < 1.29 is 9.55 Å². The minimum absolute atomic E-state index is 0.0468. The molecule has 12 heavy (non-hydrogen) atoms.